The molecule has 0 radical (unpaired) electrons. The molecule has 1 aromatic carbocycles. The third-order valence-electron chi connectivity index (χ3n) is 3.10. The maximum atomic E-state index is 12.2. The number of carbonyl (C=O) groups excluding carboxylic acids is 1. The summed E-state index contributed by atoms with van der Waals surface area (Å²) >= 11 is 0. The molecule has 0 fully saturated rings. The lowest BCUT2D eigenvalue weighted by Crippen LogP contribution is -2.29. The Kier molecular flexibility index (Phi) is 4.34. The largest absolute Gasteiger partial charge is 0.360 e. The second-order valence-electron chi connectivity index (χ2n) is 4.54. The number of nitrogens with one attached hydrogen (secondary N) is 2. The van der Waals surface area contributed by atoms with Gasteiger partial charge in [0.1, 0.15) is 5.56 Å². The zero-order valence-corrected chi connectivity index (χ0v) is 11.0. The number of amides is 1. The Morgan fingerprint density at radius 3 is 2.84 bits per heavy atom. The van der Waals surface area contributed by atoms with E-state index < -0.39 is 0 Å². The zero-order valence-electron chi connectivity index (χ0n) is 11.0. The van der Waals surface area contributed by atoms with E-state index in [4.69, 9.17) is 0 Å². The van der Waals surface area contributed by atoms with Crippen LogP contribution in [-0.2, 0) is 0 Å². The van der Waals surface area contributed by atoms with Crippen LogP contribution in [0.4, 0.5) is 0 Å². The SMILES string of the molecule is CCCCCNC(=O)c1c[nH]c2ccccc2c1=O. The number of benzene rings is 1. The summed E-state index contributed by atoms with van der Waals surface area (Å²) in [5.41, 5.74) is 0.701. The predicted octanol–water partition coefficient (Wildman–Crippen LogP) is 2.45. The van der Waals surface area contributed by atoms with Crippen LogP contribution in [0.1, 0.15) is 36.5 Å². The van der Waals surface area contributed by atoms with Gasteiger partial charge in [-0.15, -0.1) is 0 Å². The van der Waals surface area contributed by atoms with Crippen molar-refractivity contribution in [1.82, 2.24) is 10.3 Å². The minimum atomic E-state index is -0.303. The van der Waals surface area contributed by atoms with E-state index in [2.05, 4.69) is 17.2 Å². The number of unbranched alkanes of at least 4 members (excludes halogenated alkanes) is 2. The summed E-state index contributed by atoms with van der Waals surface area (Å²) in [7, 11) is 0. The Hall–Kier alpha value is -2.10. The molecule has 2 rings (SSSR count). The quantitative estimate of drug-likeness (QED) is 0.809. The lowest BCUT2D eigenvalue weighted by molar-refractivity contribution is 0.0952. The van der Waals surface area contributed by atoms with Crippen molar-refractivity contribution in [3.63, 3.8) is 0 Å². The lowest BCUT2D eigenvalue weighted by Gasteiger charge is -2.05. The molecule has 4 heteroatoms. The molecule has 0 aliphatic heterocycles. The van der Waals surface area contributed by atoms with Gasteiger partial charge in [0, 0.05) is 23.6 Å². The summed E-state index contributed by atoms with van der Waals surface area (Å²) in [6, 6.07) is 7.19. The van der Waals surface area contributed by atoms with E-state index in [0.717, 1.165) is 24.8 Å². The molecule has 2 aromatic rings. The van der Waals surface area contributed by atoms with Crippen molar-refractivity contribution >= 4 is 16.8 Å². The molecule has 0 aliphatic carbocycles. The number of hydrogen-bond donors (Lipinski definition) is 2. The molecule has 2 N–H and O–H groups in total. The van der Waals surface area contributed by atoms with Crippen molar-refractivity contribution in [2.45, 2.75) is 26.2 Å². The van der Waals surface area contributed by atoms with Crippen LogP contribution in [0, 0.1) is 0 Å². The van der Waals surface area contributed by atoms with Gasteiger partial charge in [-0.25, -0.2) is 0 Å². The molecule has 19 heavy (non-hydrogen) atoms. The molecule has 1 aromatic heterocycles. The first-order valence-electron chi connectivity index (χ1n) is 6.62. The summed E-state index contributed by atoms with van der Waals surface area (Å²) in [5, 5.41) is 3.33. The van der Waals surface area contributed by atoms with Crippen molar-refractivity contribution in [3.05, 3.63) is 46.2 Å². The van der Waals surface area contributed by atoms with Crippen LogP contribution in [0.5, 0.6) is 0 Å². The summed E-state index contributed by atoms with van der Waals surface area (Å²) in [4.78, 5) is 27.1. The first-order valence-corrected chi connectivity index (χ1v) is 6.62. The fourth-order valence-corrected chi connectivity index (χ4v) is 2.01. The molecule has 0 atom stereocenters. The number of rotatable bonds is 5. The number of para-hydroxylation sites is 1. The number of hydrogen-bond acceptors (Lipinski definition) is 2. The Balaban J connectivity index is 2.18. The highest BCUT2D eigenvalue weighted by Crippen LogP contribution is 2.06. The summed E-state index contributed by atoms with van der Waals surface area (Å²) in [6.07, 6.45) is 4.61. The van der Waals surface area contributed by atoms with Crippen LogP contribution in [0.15, 0.2) is 35.3 Å². The van der Waals surface area contributed by atoms with Gasteiger partial charge in [-0.1, -0.05) is 31.9 Å². The molecule has 1 amide bonds. The first kappa shape index (κ1) is 13.3. The van der Waals surface area contributed by atoms with Crippen LogP contribution in [0.2, 0.25) is 0 Å². The van der Waals surface area contributed by atoms with E-state index >= 15 is 0 Å². The second kappa shape index (κ2) is 6.18. The average molecular weight is 258 g/mol. The molecule has 1 heterocycles. The number of aromatic amines is 1. The van der Waals surface area contributed by atoms with Gasteiger partial charge in [0.2, 0.25) is 5.43 Å². The highest BCUT2D eigenvalue weighted by molar-refractivity contribution is 5.97. The smallest absolute Gasteiger partial charge is 0.256 e. The maximum absolute atomic E-state index is 12.2. The minimum Gasteiger partial charge on any atom is -0.360 e. The molecule has 4 nitrogen and oxygen atoms in total. The molecule has 0 bridgehead atoms. The zero-order chi connectivity index (χ0) is 13.7. The van der Waals surface area contributed by atoms with Crippen molar-refractivity contribution in [1.29, 1.82) is 0 Å². The van der Waals surface area contributed by atoms with Crippen LogP contribution in [0.3, 0.4) is 0 Å². The van der Waals surface area contributed by atoms with Gasteiger partial charge < -0.3 is 10.3 Å². The number of aromatic nitrogens is 1. The van der Waals surface area contributed by atoms with Gasteiger partial charge in [0.05, 0.1) is 0 Å². The molecule has 0 unspecified atom stereocenters. The number of fused-ring (bicyclic) bond motifs is 1. The van der Waals surface area contributed by atoms with E-state index in [9.17, 15) is 9.59 Å². The van der Waals surface area contributed by atoms with Crippen molar-refractivity contribution in [2.24, 2.45) is 0 Å². The molecular weight excluding hydrogens is 240 g/mol. The van der Waals surface area contributed by atoms with Gasteiger partial charge in [0.25, 0.3) is 5.91 Å². The Bertz CT molecular complexity index is 631. The number of carbonyl (C=O) groups is 1. The van der Waals surface area contributed by atoms with Crippen molar-refractivity contribution in [2.75, 3.05) is 6.54 Å². The van der Waals surface area contributed by atoms with E-state index in [-0.39, 0.29) is 16.9 Å². The Morgan fingerprint density at radius 2 is 2.05 bits per heavy atom. The van der Waals surface area contributed by atoms with Gasteiger partial charge in [-0.05, 0) is 18.6 Å². The third-order valence-corrected chi connectivity index (χ3v) is 3.10. The Labute approximate surface area is 111 Å². The second-order valence-corrected chi connectivity index (χ2v) is 4.54. The first-order chi connectivity index (χ1) is 9.24. The van der Waals surface area contributed by atoms with Gasteiger partial charge in [-0.2, -0.15) is 0 Å². The monoisotopic (exact) mass is 258 g/mol. The van der Waals surface area contributed by atoms with E-state index in [1.54, 1.807) is 12.1 Å². The fourth-order valence-electron chi connectivity index (χ4n) is 2.01. The topological polar surface area (TPSA) is 62.0 Å². The Morgan fingerprint density at radius 1 is 1.26 bits per heavy atom. The highest BCUT2D eigenvalue weighted by atomic mass is 16.2. The molecule has 0 spiro atoms. The van der Waals surface area contributed by atoms with Crippen LogP contribution >= 0.6 is 0 Å². The predicted molar refractivity (Wildman–Crippen MR) is 76.4 cm³/mol. The summed E-state index contributed by atoms with van der Waals surface area (Å²) < 4.78 is 0. The standard InChI is InChI=1S/C15H18N2O2/c1-2-3-6-9-16-15(19)12-10-17-13-8-5-4-7-11(13)14(12)18/h4-5,7-8,10H,2-3,6,9H2,1H3,(H,16,19)(H,17,18). The molecule has 0 saturated heterocycles. The van der Waals surface area contributed by atoms with Crippen LogP contribution in [0.25, 0.3) is 10.9 Å². The molecule has 100 valence electrons. The van der Waals surface area contributed by atoms with Crippen LogP contribution in [-0.4, -0.2) is 17.4 Å². The maximum Gasteiger partial charge on any atom is 0.256 e. The molecule has 0 aliphatic rings. The van der Waals surface area contributed by atoms with Crippen molar-refractivity contribution in [3.8, 4) is 0 Å². The van der Waals surface area contributed by atoms with E-state index in [1.165, 1.54) is 6.20 Å². The number of H-pyrrole nitrogens is 1. The van der Waals surface area contributed by atoms with Crippen LogP contribution < -0.4 is 10.7 Å². The summed E-state index contributed by atoms with van der Waals surface area (Å²) in [6.45, 7) is 2.72. The average Bonchev–Trinajstić information content (AvgIpc) is 2.44. The van der Waals surface area contributed by atoms with Gasteiger partial charge >= 0.3 is 0 Å². The minimum absolute atomic E-state index is 0.176. The fraction of sp³-hybridized carbons (Fsp3) is 0.333. The van der Waals surface area contributed by atoms with Gasteiger partial charge in [0.15, 0.2) is 0 Å². The molecular formula is C15H18N2O2. The summed E-state index contributed by atoms with van der Waals surface area (Å²) in [5.74, 6) is -0.303. The third kappa shape index (κ3) is 3.02. The van der Waals surface area contributed by atoms with Crippen molar-refractivity contribution < 1.29 is 4.79 Å². The van der Waals surface area contributed by atoms with E-state index in [1.807, 2.05) is 12.1 Å². The molecule has 0 saturated carbocycles. The lowest BCUT2D eigenvalue weighted by atomic mass is 10.1. The highest BCUT2D eigenvalue weighted by Gasteiger charge is 2.11. The van der Waals surface area contributed by atoms with Gasteiger partial charge in [-0.3, -0.25) is 9.59 Å². The number of pyridine rings is 1. The normalized spacial score (nSPS) is 10.6. The van der Waals surface area contributed by atoms with E-state index in [0.29, 0.717) is 11.9 Å².